The molecule has 0 aliphatic carbocycles. The van der Waals surface area contributed by atoms with E-state index in [1.54, 1.807) is 7.11 Å². The molecule has 0 aliphatic rings. The number of benzene rings is 1. The van der Waals surface area contributed by atoms with Gasteiger partial charge in [-0.2, -0.15) is 0 Å². The monoisotopic (exact) mass is 224 g/mol. The predicted octanol–water partition coefficient (Wildman–Crippen LogP) is 1.46. The van der Waals surface area contributed by atoms with E-state index in [9.17, 15) is 4.79 Å². The second-order valence-corrected chi connectivity index (χ2v) is 3.59. The number of carboxylic acid groups (broad SMARTS) is 1. The highest BCUT2D eigenvalue weighted by Gasteiger charge is 2.11. The lowest BCUT2D eigenvalue weighted by Crippen LogP contribution is -2.19. The normalized spacial score (nSPS) is 12.1. The van der Waals surface area contributed by atoms with E-state index in [1.165, 1.54) is 0 Å². The Morgan fingerprint density at radius 2 is 2.00 bits per heavy atom. The third kappa shape index (κ3) is 3.90. The lowest BCUT2D eigenvalue weighted by molar-refractivity contribution is -0.146. The van der Waals surface area contributed by atoms with E-state index in [-0.39, 0.29) is 6.42 Å². The number of aliphatic hydroxyl groups is 1. The van der Waals surface area contributed by atoms with Gasteiger partial charge in [0.25, 0.3) is 0 Å². The van der Waals surface area contributed by atoms with Gasteiger partial charge in [0.05, 0.1) is 7.11 Å². The Hall–Kier alpha value is -1.55. The van der Waals surface area contributed by atoms with Crippen LogP contribution in [0.3, 0.4) is 0 Å². The van der Waals surface area contributed by atoms with Crippen molar-refractivity contribution >= 4 is 5.97 Å². The van der Waals surface area contributed by atoms with E-state index in [4.69, 9.17) is 14.9 Å². The van der Waals surface area contributed by atoms with E-state index in [0.29, 0.717) is 6.42 Å². The minimum atomic E-state index is -1.25. The van der Waals surface area contributed by atoms with Gasteiger partial charge in [-0.05, 0) is 37.0 Å². The van der Waals surface area contributed by atoms with Gasteiger partial charge in [0, 0.05) is 0 Å². The van der Waals surface area contributed by atoms with Crippen molar-refractivity contribution in [3.63, 3.8) is 0 Å². The number of rotatable bonds is 6. The summed E-state index contributed by atoms with van der Waals surface area (Å²) in [6.07, 6.45) is 0.438. The van der Waals surface area contributed by atoms with Gasteiger partial charge in [0.2, 0.25) is 0 Å². The molecule has 0 amide bonds. The van der Waals surface area contributed by atoms with Crippen LogP contribution in [0, 0.1) is 0 Å². The van der Waals surface area contributed by atoms with Gasteiger partial charge in [-0.3, -0.25) is 0 Å². The van der Waals surface area contributed by atoms with Crippen molar-refractivity contribution in [2.24, 2.45) is 0 Å². The zero-order valence-electron chi connectivity index (χ0n) is 9.22. The quantitative estimate of drug-likeness (QED) is 0.767. The number of aryl methyl sites for hydroxylation is 1. The van der Waals surface area contributed by atoms with Gasteiger partial charge in [-0.1, -0.05) is 12.1 Å². The Balaban J connectivity index is 2.34. The van der Waals surface area contributed by atoms with E-state index >= 15 is 0 Å². The summed E-state index contributed by atoms with van der Waals surface area (Å²) in [6, 6.07) is 7.60. The lowest BCUT2D eigenvalue weighted by atomic mass is 10.1. The molecule has 2 N–H and O–H groups in total. The zero-order valence-corrected chi connectivity index (χ0v) is 9.22. The van der Waals surface area contributed by atoms with Crippen molar-refractivity contribution in [1.82, 2.24) is 0 Å². The number of aliphatic hydroxyl groups excluding tert-OH is 1. The highest BCUT2D eigenvalue weighted by Crippen LogP contribution is 2.13. The molecule has 4 nitrogen and oxygen atoms in total. The van der Waals surface area contributed by atoms with Crippen LogP contribution < -0.4 is 4.74 Å². The van der Waals surface area contributed by atoms with Gasteiger partial charge in [-0.25, -0.2) is 4.79 Å². The van der Waals surface area contributed by atoms with Gasteiger partial charge in [0.15, 0.2) is 6.10 Å². The molecular formula is C12H16O4. The average molecular weight is 224 g/mol. The molecule has 0 saturated heterocycles. The summed E-state index contributed by atoms with van der Waals surface area (Å²) in [5.41, 5.74) is 1.11. The van der Waals surface area contributed by atoms with Crippen LogP contribution in [0.2, 0.25) is 0 Å². The smallest absolute Gasteiger partial charge is 0.332 e. The molecule has 0 aromatic heterocycles. The Labute approximate surface area is 94.5 Å². The maximum Gasteiger partial charge on any atom is 0.332 e. The minimum absolute atomic E-state index is 0.279. The molecule has 0 saturated carbocycles. The SMILES string of the molecule is COc1ccc(CCC[C@@H](O)C(=O)O)cc1. The molecule has 0 radical (unpaired) electrons. The molecule has 1 rings (SSSR count). The molecule has 16 heavy (non-hydrogen) atoms. The first-order valence-electron chi connectivity index (χ1n) is 5.17. The van der Waals surface area contributed by atoms with Crippen LogP contribution in [-0.4, -0.2) is 29.4 Å². The van der Waals surface area contributed by atoms with Crippen molar-refractivity contribution in [1.29, 1.82) is 0 Å². The number of aliphatic carboxylic acids is 1. The molecule has 0 unspecified atom stereocenters. The molecule has 1 atom stereocenters. The Bertz CT molecular complexity index is 331. The van der Waals surface area contributed by atoms with E-state index in [0.717, 1.165) is 17.7 Å². The molecule has 0 fully saturated rings. The summed E-state index contributed by atoms with van der Waals surface area (Å²) in [4.78, 5) is 10.4. The lowest BCUT2D eigenvalue weighted by Gasteiger charge is -2.05. The van der Waals surface area contributed by atoms with Crippen molar-refractivity contribution in [2.45, 2.75) is 25.4 Å². The first kappa shape index (κ1) is 12.5. The Morgan fingerprint density at radius 3 is 2.50 bits per heavy atom. The first-order valence-corrected chi connectivity index (χ1v) is 5.17. The fourth-order valence-corrected chi connectivity index (χ4v) is 1.42. The van der Waals surface area contributed by atoms with Crippen LogP contribution in [0.5, 0.6) is 5.75 Å². The maximum absolute atomic E-state index is 10.4. The molecule has 0 bridgehead atoms. The number of hydrogen-bond acceptors (Lipinski definition) is 3. The second-order valence-electron chi connectivity index (χ2n) is 3.59. The fraction of sp³-hybridized carbons (Fsp3) is 0.417. The summed E-state index contributed by atoms with van der Waals surface area (Å²) in [7, 11) is 1.61. The van der Waals surface area contributed by atoms with Crippen LogP contribution in [0.4, 0.5) is 0 Å². The molecule has 4 heteroatoms. The number of methoxy groups -OCH3 is 1. The molecule has 88 valence electrons. The van der Waals surface area contributed by atoms with Gasteiger partial charge in [0.1, 0.15) is 5.75 Å². The molecule has 1 aromatic carbocycles. The van der Waals surface area contributed by atoms with Crippen LogP contribution in [-0.2, 0) is 11.2 Å². The zero-order chi connectivity index (χ0) is 12.0. The second kappa shape index (κ2) is 6.12. The third-order valence-electron chi connectivity index (χ3n) is 2.39. The van der Waals surface area contributed by atoms with E-state index in [1.807, 2.05) is 24.3 Å². The van der Waals surface area contributed by atoms with Crippen molar-refractivity contribution in [3.8, 4) is 5.75 Å². The minimum Gasteiger partial charge on any atom is -0.497 e. The van der Waals surface area contributed by atoms with Crippen molar-refractivity contribution in [3.05, 3.63) is 29.8 Å². The molecule has 0 spiro atoms. The molecular weight excluding hydrogens is 208 g/mol. The Kier molecular flexibility index (Phi) is 4.79. The molecule has 1 aromatic rings. The highest BCUT2D eigenvalue weighted by molar-refractivity contribution is 5.71. The summed E-state index contributed by atoms with van der Waals surface area (Å²) >= 11 is 0. The van der Waals surface area contributed by atoms with Crippen molar-refractivity contribution in [2.75, 3.05) is 7.11 Å². The number of hydrogen-bond donors (Lipinski definition) is 2. The Morgan fingerprint density at radius 1 is 1.38 bits per heavy atom. The summed E-state index contributed by atoms with van der Waals surface area (Å²) in [6.45, 7) is 0. The largest absolute Gasteiger partial charge is 0.497 e. The maximum atomic E-state index is 10.4. The third-order valence-corrected chi connectivity index (χ3v) is 2.39. The fourth-order valence-electron chi connectivity index (χ4n) is 1.42. The van der Waals surface area contributed by atoms with Gasteiger partial charge < -0.3 is 14.9 Å². The summed E-state index contributed by atoms with van der Waals surface area (Å²) < 4.78 is 5.03. The highest BCUT2D eigenvalue weighted by atomic mass is 16.5. The van der Waals surface area contributed by atoms with Gasteiger partial charge >= 0.3 is 5.97 Å². The van der Waals surface area contributed by atoms with E-state index < -0.39 is 12.1 Å². The number of carbonyl (C=O) groups is 1. The molecule has 0 aliphatic heterocycles. The van der Waals surface area contributed by atoms with Crippen LogP contribution in [0.1, 0.15) is 18.4 Å². The average Bonchev–Trinajstić information content (AvgIpc) is 2.29. The topological polar surface area (TPSA) is 66.8 Å². The summed E-state index contributed by atoms with van der Waals surface area (Å²) in [5, 5.41) is 17.5. The van der Waals surface area contributed by atoms with Crippen molar-refractivity contribution < 1.29 is 19.7 Å². The van der Waals surface area contributed by atoms with E-state index in [2.05, 4.69) is 0 Å². The van der Waals surface area contributed by atoms with Gasteiger partial charge in [-0.15, -0.1) is 0 Å². The molecule has 0 heterocycles. The number of ether oxygens (including phenoxy) is 1. The van der Waals surface area contributed by atoms with Crippen LogP contribution >= 0.6 is 0 Å². The van der Waals surface area contributed by atoms with Crippen LogP contribution in [0.25, 0.3) is 0 Å². The first-order chi connectivity index (χ1) is 7.63. The standard InChI is InChI=1S/C12H16O4/c1-16-10-7-5-9(6-8-10)3-2-4-11(13)12(14)15/h5-8,11,13H,2-4H2,1H3,(H,14,15)/t11-/m1/s1. The number of carboxylic acids is 1. The van der Waals surface area contributed by atoms with Crippen LogP contribution in [0.15, 0.2) is 24.3 Å². The summed E-state index contributed by atoms with van der Waals surface area (Å²) in [5.74, 6) is -0.357. The predicted molar refractivity (Wildman–Crippen MR) is 59.6 cm³/mol.